The summed E-state index contributed by atoms with van der Waals surface area (Å²) in [6.45, 7) is 17.2. The molecule has 0 bridgehead atoms. The van der Waals surface area contributed by atoms with Gasteiger partial charge in [-0.2, -0.15) is 0 Å². The zero-order valence-corrected chi connectivity index (χ0v) is 20.3. The topological polar surface area (TPSA) is 108 Å². The van der Waals surface area contributed by atoms with Crippen LogP contribution in [0.5, 0.6) is 0 Å². The standard InChI is InChI=1S/C21H35N7O2S/c1-20(2,3)16-14-17(25-18(24-16)21(4,5)6)28-11-9-27(10-12-28)8-7-13-31(29,30)19-22-15-23-26-19/h14-15H,7-13H2,1-6H3,(H,22,23,26). The summed E-state index contributed by atoms with van der Waals surface area (Å²) in [6, 6.07) is 2.12. The van der Waals surface area contributed by atoms with E-state index in [1.807, 2.05) is 0 Å². The van der Waals surface area contributed by atoms with Gasteiger partial charge in [-0.25, -0.2) is 23.4 Å². The van der Waals surface area contributed by atoms with Gasteiger partial charge in [-0.1, -0.05) is 41.5 Å². The average Bonchev–Trinajstić information content (AvgIpc) is 3.22. The molecule has 3 rings (SSSR count). The molecule has 1 fully saturated rings. The van der Waals surface area contributed by atoms with Gasteiger partial charge in [0.05, 0.1) is 11.4 Å². The quantitative estimate of drug-likeness (QED) is 0.715. The van der Waals surface area contributed by atoms with Crippen molar-refractivity contribution >= 4 is 15.7 Å². The fourth-order valence-corrected chi connectivity index (χ4v) is 4.53. The molecule has 1 aliphatic heterocycles. The van der Waals surface area contributed by atoms with E-state index in [0.717, 1.165) is 50.1 Å². The van der Waals surface area contributed by atoms with E-state index in [9.17, 15) is 8.42 Å². The lowest BCUT2D eigenvalue weighted by Gasteiger charge is -2.36. The third kappa shape index (κ3) is 6.00. The number of rotatable bonds is 6. The summed E-state index contributed by atoms with van der Waals surface area (Å²) in [5, 5.41) is 6.02. The zero-order chi connectivity index (χ0) is 22.9. The molecule has 9 nitrogen and oxygen atoms in total. The van der Waals surface area contributed by atoms with Crippen LogP contribution in [0, 0.1) is 0 Å². The smallest absolute Gasteiger partial charge is 0.266 e. The average molecular weight is 450 g/mol. The molecule has 172 valence electrons. The van der Waals surface area contributed by atoms with Crippen LogP contribution in [0.4, 0.5) is 5.82 Å². The maximum absolute atomic E-state index is 12.2. The number of hydrogen-bond acceptors (Lipinski definition) is 8. The number of H-pyrrole nitrogens is 1. The van der Waals surface area contributed by atoms with E-state index in [2.05, 4.69) is 72.6 Å². The molecule has 1 aliphatic rings. The molecule has 2 aromatic rings. The summed E-state index contributed by atoms with van der Waals surface area (Å²) in [5.41, 5.74) is 0.891. The molecule has 0 aromatic carbocycles. The molecule has 0 unspecified atom stereocenters. The van der Waals surface area contributed by atoms with Crippen LogP contribution >= 0.6 is 0 Å². The van der Waals surface area contributed by atoms with Crippen LogP contribution in [-0.4, -0.2) is 76.9 Å². The zero-order valence-electron chi connectivity index (χ0n) is 19.5. The highest BCUT2D eigenvalue weighted by Crippen LogP contribution is 2.28. The van der Waals surface area contributed by atoms with Gasteiger partial charge in [-0.05, 0) is 13.0 Å². The van der Waals surface area contributed by atoms with Crippen molar-refractivity contribution in [1.82, 2.24) is 30.0 Å². The molecule has 0 spiro atoms. The lowest BCUT2D eigenvalue weighted by Crippen LogP contribution is -2.47. The van der Waals surface area contributed by atoms with Crippen LogP contribution in [0.1, 0.15) is 59.5 Å². The second-order valence-electron chi connectivity index (χ2n) is 10.2. The Balaban J connectivity index is 1.60. The van der Waals surface area contributed by atoms with Crippen molar-refractivity contribution in [2.24, 2.45) is 0 Å². The highest BCUT2D eigenvalue weighted by Gasteiger charge is 2.27. The Morgan fingerprint density at radius 3 is 2.23 bits per heavy atom. The van der Waals surface area contributed by atoms with Crippen molar-refractivity contribution in [1.29, 1.82) is 0 Å². The molecular formula is C21H35N7O2S. The number of hydrogen-bond donors (Lipinski definition) is 1. The van der Waals surface area contributed by atoms with Gasteiger partial charge in [-0.15, -0.1) is 5.10 Å². The Morgan fingerprint density at radius 2 is 1.68 bits per heavy atom. The lowest BCUT2D eigenvalue weighted by atomic mass is 9.90. The van der Waals surface area contributed by atoms with E-state index in [0.29, 0.717) is 6.42 Å². The number of aromatic nitrogens is 5. The molecule has 10 heteroatoms. The molecule has 1 N–H and O–H groups in total. The van der Waals surface area contributed by atoms with Crippen molar-refractivity contribution in [2.45, 2.75) is 63.9 Å². The molecule has 31 heavy (non-hydrogen) atoms. The van der Waals surface area contributed by atoms with Crippen molar-refractivity contribution in [3.05, 3.63) is 23.9 Å². The number of nitrogens with zero attached hydrogens (tertiary/aromatic N) is 6. The van der Waals surface area contributed by atoms with E-state index in [4.69, 9.17) is 9.97 Å². The molecule has 3 heterocycles. The van der Waals surface area contributed by atoms with Crippen LogP contribution in [-0.2, 0) is 20.7 Å². The van der Waals surface area contributed by atoms with Gasteiger partial charge in [0.1, 0.15) is 18.0 Å². The van der Waals surface area contributed by atoms with Crippen molar-refractivity contribution in [3.63, 3.8) is 0 Å². The summed E-state index contributed by atoms with van der Waals surface area (Å²) in [4.78, 5) is 18.1. The van der Waals surface area contributed by atoms with Crippen LogP contribution in [0.25, 0.3) is 0 Å². The molecule has 0 saturated carbocycles. The van der Waals surface area contributed by atoms with Crippen LogP contribution in [0.3, 0.4) is 0 Å². The van der Waals surface area contributed by atoms with Crippen LogP contribution < -0.4 is 4.90 Å². The van der Waals surface area contributed by atoms with Gasteiger partial charge in [-0.3, -0.25) is 10.00 Å². The summed E-state index contributed by atoms with van der Waals surface area (Å²) >= 11 is 0. The highest BCUT2D eigenvalue weighted by molar-refractivity contribution is 7.91. The summed E-state index contributed by atoms with van der Waals surface area (Å²) in [5.74, 6) is 1.91. The first kappa shape index (κ1) is 23.6. The first-order chi connectivity index (χ1) is 14.4. The molecule has 2 aromatic heterocycles. The minimum Gasteiger partial charge on any atom is -0.354 e. The number of aromatic amines is 1. The van der Waals surface area contributed by atoms with Gasteiger partial charge < -0.3 is 4.90 Å². The number of anilines is 1. The first-order valence-electron chi connectivity index (χ1n) is 10.8. The van der Waals surface area contributed by atoms with Crippen LogP contribution in [0.15, 0.2) is 17.6 Å². The fraction of sp³-hybridized carbons (Fsp3) is 0.714. The second kappa shape index (κ2) is 8.82. The van der Waals surface area contributed by atoms with Gasteiger partial charge in [0, 0.05) is 43.1 Å². The number of sulfone groups is 1. The molecule has 0 aliphatic carbocycles. The Hall–Kier alpha value is -2.07. The van der Waals surface area contributed by atoms with Crippen molar-refractivity contribution < 1.29 is 8.42 Å². The van der Waals surface area contributed by atoms with Crippen molar-refractivity contribution in [2.75, 3.05) is 43.4 Å². The van der Waals surface area contributed by atoms with E-state index >= 15 is 0 Å². The number of piperazine rings is 1. The normalized spacial score (nSPS) is 16.6. The molecule has 0 amide bonds. The Morgan fingerprint density at radius 1 is 1.00 bits per heavy atom. The minimum absolute atomic E-state index is 0.0474. The van der Waals surface area contributed by atoms with E-state index in [1.54, 1.807) is 0 Å². The lowest BCUT2D eigenvalue weighted by molar-refractivity contribution is 0.258. The molecule has 0 atom stereocenters. The monoisotopic (exact) mass is 449 g/mol. The predicted octanol–water partition coefficient (Wildman–Crippen LogP) is 2.18. The highest BCUT2D eigenvalue weighted by atomic mass is 32.2. The Bertz CT molecular complexity index is 936. The number of nitrogens with one attached hydrogen (secondary N) is 1. The summed E-state index contributed by atoms with van der Waals surface area (Å²) in [6.07, 6.45) is 1.85. The Kier molecular flexibility index (Phi) is 6.71. The minimum atomic E-state index is -3.42. The fourth-order valence-electron chi connectivity index (χ4n) is 3.43. The first-order valence-corrected chi connectivity index (χ1v) is 12.5. The third-order valence-corrected chi connectivity index (χ3v) is 6.99. The van der Waals surface area contributed by atoms with Gasteiger partial charge in [0.25, 0.3) is 5.16 Å². The SMILES string of the molecule is CC(C)(C)c1cc(N2CCN(CCCS(=O)(=O)c3nc[nH]n3)CC2)nc(C(C)(C)C)n1. The van der Waals surface area contributed by atoms with Crippen molar-refractivity contribution in [3.8, 4) is 0 Å². The maximum Gasteiger partial charge on any atom is 0.266 e. The third-order valence-electron chi connectivity index (χ3n) is 5.41. The molecular weight excluding hydrogens is 414 g/mol. The molecule has 0 radical (unpaired) electrons. The van der Waals surface area contributed by atoms with E-state index in [-0.39, 0.29) is 21.7 Å². The van der Waals surface area contributed by atoms with Gasteiger partial charge in [0.2, 0.25) is 9.84 Å². The van der Waals surface area contributed by atoms with E-state index in [1.165, 1.54) is 6.33 Å². The van der Waals surface area contributed by atoms with Gasteiger partial charge >= 0.3 is 0 Å². The van der Waals surface area contributed by atoms with Crippen LogP contribution in [0.2, 0.25) is 0 Å². The second-order valence-corrected chi connectivity index (χ2v) is 12.2. The molecule has 1 saturated heterocycles. The largest absolute Gasteiger partial charge is 0.354 e. The predicted molar refractivity (Wildman–Crippen MR) is 121 cm³/mol. The maximum atomic E-state index is 12.2. The summed E-state index contributed by atoms with van der Waals surface area (Å²) < 4.78 is 24.4. The summed E-state index contributed by atoms with van der Waals surface area (Å²) in [7, 11) is -3.42. The Labute approximate surface area is 185 Å². The van der Waals surface area contributed by atoms with E-state index < -0.39 is 9.84 Å². The van der Waals surface area contributed by atoms with Gasteiger partial charge in [0.15, 0.2) is 0 Å².